The van der Waals surface area contributed by atoms with Gasteiger partial charge in [-0.2, -0.15) is 0 Å². The van der Waals surface area contributed by atoms with Gasteiger partial charge in [-0.3, -0.25) is 0 Å². The number of rotatable bonds is 14. The zero-order valence-corrected chi connectivity index (χ0v) is 13.6. The molecule has 0 aromatic carbocycles. The summed E-state index contributed by atoms with van der Waals surface area (Å²) < 4.78 is 5.01. The van der Waals surface area contributed by atoms with Crippen molar-refractivity contribution < 1.29 is 4.74 Å². The summed E-state index contributed by atoms with van der Waals surface area (Å²) in [5, 5.41) is 3.40. The van der Waals surface area contributed by atoms with Gasteiger partial charge in [0.25, 0.3) is 0 Å². The molecule has 0 aliphatic heterocycles. The van der Waals surface area contributed by atoms with E-state index >= 15 is 0 Å². The van der Waals surface area contributed by atoms with Crippen LogP contribution in [0.4, 0.5) is 0 Å². The number of nitrogens with zero attached hydrogens (tertiary/aromatic N) is 2. The molecule has 0 fully saturated rings. The van der Waals surface area contributed by atoms with E-state index in [-0.39, 0.29) is 0 Å². The van der Waals surface area contributed by atoms with Gasteiger partial charge in [0.1, 0.15) is 0 Å². The zero-order valence-electron chi connectivity index (χ0n) is 13.6. The van der Waals surface area contributed by atoms with Gasteiger partial charge < -0.3 is 19.9 Å². The molecular formula is C15H35N3O. The Balaban J connectivity index is 3.49. The van der Waals surface area contributed by atoms with Gasteiger partial charge in [-0.15, -0.1) is 0 Å². The Kier molecular flexibility index (Phi) is 14.1. The number of hydrogen-bond acceptors (Lipinski definition) is 4. The van der Waals surface area contributed by atoms with Gasteiger partial charge in [0.2, 0.25) is 0 Å². The summed E-state index contributed by atoms with van der Waals surface area (Å²) >= 11 is 0. The van der Waals surface area contributed by atoms with Crippen molar-refractivity contribution in [2.45, 2.75) is 33.6 Å². The normalized spacial score (nSPS) is 11.7. The second-order valence-corrected chi connectivity index (χ2v) is 4.91. The first kappa shape index (κ1) is 18.8. The first-order chi connectivity index (χ1) is 9.28. The van der Waals surface area contributed by atoms with Crippen molar-refractivity contribution in [3.05, 3.63) is 0 Å². The van der Waals surface area contributed by atoms with Crippen LogP contribution in [-0.2, 0) is 4.74 Å². The number of methoxy groups -OCH3 is 1. The van der Waals surface area contributed by atoms with Crippen molar-refractivity contribution >= 4 is 0 Å². The molecule has 1 N–H and O–H groups in total. The minimum atomic E-state index is 0.807. The molecule has 116 valence electrons. The van der Waals surface area contributed by atoms with E-state index in [1.807, 2.05) is 0 Å². The third-order valence-corrected chi connectivity index (χ3v) is 3.60. The summed E-state index contributed by atoms with van der Waals surface area (Å²) in [5.74, 6) is 0. The Hall–Kier alpha value is -0.160. The lowest BCUT2D eigenvalue weighted by atomic mass is 10.3. The quantitative estimate of drug-likeness (QED) is 0.487. The summed E-state index contributed by atoms with van der Waals surface area (Å²) in [6, 6.07) is 0. The highest BCUT2D eigenvalue weighted by Gasteiger charge is 2.03. The van der Waals surface area contributed by atoms with Crippen LogP contribution in [0.2, 0.25) is 0 Å². The maximum absolute atomic E-state index is 5.01. The maximum atomic E-state index is 5.01. The lowest BCUT2D eigenvalue weighted by Crippen LogP contribution is -2.32. The third-order valence-electron chi connectivity index (χ3n) is 3.60. The van der Waals surface area contributed by atoms with Crippen molar-refractivity contribution in [1.29, 1.82) is 0 Å². The van der Waals surface area contributed by atoms with Crippen LogP contribution >= 0.6 is 0 Å². The Morgan fingerprint density at radius 1 is 0.789 bits per heavy atom. The van der Waals surface area contributed by atoms with Gasteiger partial charge in [0, 0.05) is 13.7 Å². The molecule has 0 unspecified atom stereocenters. The predicted octanol–water partition coefficient (Wildman–Crippen LogP) is 1.67. The lowest BCUT2D eigenvalue weighted by Gasteiger charge is -2.23. The molecule has 0 aromatic heterocycles. The molecule has 4 nitrogen and oxygen atoms in total. The summed E-state index contributed by atoms with van der Waals surface area (Å²) in [6.07, 6.45) is 2.51. The Labute approximate surface area is 120 Å². The smallest absolute Gasteiger partial charge is 0.0587 e. The maximum Gasteiger partial charge on any atom is 0.0587 e. The van der Waals surface area contributed by atoms with Crippen LogP contribution in [0.15, 0.2) is 0 Å². The Morgan fingerprint density at radius 3 is 1.95 bits per heavy atom. The molecule has 0 aromatic rings. The number of ether oxygens (including phenoxy) is 1. The first-order valence-corrected chi connectivity index (χ1v) is 7.92. The average Bonchev–Trinajstić information content (AvgIpc) is 2.45. The van der Waals surface area contributed by atoms with Crippen LogP contribution in [-0.4, -0.2) is 75.9 Å². The summed E-state index contributed by atoms with van der Waals surface area (Å²) in [5.41, 5.74) is 0. The van der Waals surface area contributed by atoms with Crippen LogP contribution in [0.5, 0.6) is 0 Å². The van der Waals surface area contributed by atoms with Crippen molar-refractivity contribution in [2.24, 2.45) is 0 Å². The molecule has 19 heavy (non-hydrogen) atoms. The van der Waals surface area contributed by atoms with E-state index in [0.717, 1.165) is 26.2 Å². The molecule has 4 heteroatoms. The second kappa shape index (κ2) is 14.3. The van der Waals surface area contributed by atoms with Crippen molar-refractivity contribution in [3.63, 3.8) is 0 Å². The van der Waals surface area contributed by atoms with Crippen LogP contribution in [0.25, 0.3) is 0 Å². The molecule has 0 saturated carbocycles. The van der Waals surface area contributed by atoms with E-state index in [9.17, 15) is 0 Å². The van der Waals surface area contributed by atoms with Crippen LogP contribution in [0.3, 0.4) is 0 Å². The van der Waals surface area contributed by atoms with Gasteiger partial charge in [0.15, 0.2) is 0 Å². The molecule has 0 saturated heterocycles. The molecule has 0 bridgehead atoms. The van der Waals surface area contributed by atoms with E-state index < -0.39 is 0 Å². The van der Waals surface area contributed by atoms with E-state index in [1.54, 1.807) is 7.11 Å². The first-order valence-electron chi connectivity index (χ1n) is 7.92. The SMILES string of the molecule is CCN(CC)CCCN(CC)CCCNCCOC. The van der Waals surface area contributed by atoms with Crippen molar-refractivity contribution in [2.75, 3.05) is 66.1 Å². The number of hydrogen-bond donors (Lipinski definition) is 1. The standard InChI is InChI=1S/C15H35N3O/c1-5-17(6-2)13-9-14-18(7-3)12-8-10-16-11-15-19-4/h16H,5-15H2,1-4H3. The topological polar surface area (TPSA) is 27.7 Å². The average molecular weight is 273 g/mol. The Morgan fingerprint density at radius 2 is 1.37 bits per heavy atom. The van der Waals surface area contributed by atoms with Gasteiger partial charge in [-0.1, -0.05) is 20.8 Å². The fourth-order valence-corrected chi connectivity index (χ4v) is 2.21. The van der Waals surface area contributed by atoms with Gasteiger partial charge in [0.05, 0.1) is 6.61 Å². The summed E-state index contributed by atoms with van der Waals surface area (Å²) in [6.45, 7) is 16.8. The molecule has 0 radical (unpaired) electrons. The highest BCUT2D eigenvalue weighted by Crippen LogP contribution is 1.96. The van der Waals surface area contributed by atoms with Crippen LogP contribution < -0.4 is 5.32 Å². The fourth-order valence-electron chi connectivity index (χ4n) is 2.21. The molecule has 0 atom stereocenters. The van der Waals surface area contributed by atoms with Crippen LogP contribution in [0, 0.1) is 0 Å². The van der Waals surface area contributed by atoms with Crippen molar-refractivity contribution in [1.82, 2.24) is 15.1 Å². The third kappa shape index (κ3) is 11.4. The minimum absolute atomic E-state index is 0.807. The predicted molar refractivity (Wildman–Crippen MR) is 83.9 cm³/mol. The molecule has 0 heterocycles. The molecule has 0 spiro atoms. The van der Waals surface area contributed by atoms with Gasteiger partial charge >= 0.3 is 0 Å². The largest absolute Gasteiger partial charge is 0.383 e. The molecule has 0 aliphatic rings. The summed E-state index contributed by atoms with van der Waals surface area (Å²) in [7, 11) is 1.75. The zero-order chi connectivity index (χ0) is 14.3. The minimum Gasteiger partial charge on any atom is -0.383 e. The highest BCUT2D eigenvalue weighted by atomic mass is 16.5. The fraction of sp³-hybridized carbons (Fsp3) is 1.00. The van der Waals surface area contributed by atoms with E-state index in [4.69, 9.17) is 4.74 Å². The molecule has 0 aliphatic carbocycles. The van der Waals surface area contributed by atoms with Crippen LogP contribution in [0.1, 0.15) is 33.6 Å². The van der Waals surface area contributed by atoms with Gasteiger partial charge in [-0.05, 0) is 58.7 Å². The highest BCUT2D eigenvalue weighted by molar-refractivity contribution is 4.60. The lowest BCUT2D eigenvalue weighted by molar-refractivity contribution is 0.198. The van der Waals surface area contributed by atoms with E-state index in [2.05, 4.69) is 35.9 Å². The molecule has 0 amide bonds. The molecule has 0 rings (SSSR count). The monoisotopic (exact) mass is 273 g/mol. The van der Waals surface area contributed by atoms with Gasteiger partial charge in [-0.25, -0.2) is 0 Å². The second-order valence-electron chi connectivity index (χ2n) is 4.91. The molecular weight excluding hydrogens is 238 g/mol. The van der Waals surface area contributed by atoms with Crippen molar-refractivity contribution in [3.8, 4) is 0 Å². The summed E-state index contributed by atoms with van der Waals surface area (Å²) in [4.78, 5) is 5.06. The van der Waals surface area contributed by atoms with E-state index in [1.165, 1.54) is 45.6 Å². The number of nitrogens with one attached hydrogen (secondary N) is 1. The van der Waals surface area contributed by atoms with E-state index in [0.29, 0.717) is 0 Å². The Bertz CT molecular complexity index is 175.